The first-order valence-electron chi connectivity index (χ1n) is 9.34. The minimum atomic E-state index is -1.01. The second-order valence-electron chi connectivity index (χ2n) is 6.98. The smallest absolute Gasteiger partial charge is 0.286 e. The van der Waals surface area contributed by atoms with E-state index >= 15 is 0 Å². The third kappa shape index (κ3) is 4.03. The van der Waals surface area contributed by atoms with Crippen molar-refractivity contribution in [1.29, 1.82) is 0 Å². The van der Waals surface area contributed by atoms with Crippen molar-refractivity contribution in [2.75, 3.05) is 31.6 Å². The van der Waals surface area contributed by atoms with E-state index in [1.165, 1.54) is 0 Å². The average molecular weight is 415 g/mol. The molecule has 2 heterocycles. The van der Waals surface area contributed by atoms with E-state index in [-0.39, 0.29) is 16.7 Å². The van der Waals surface area contributed by atoms with Crippen molar-refractivity contribution in [2.45, 2.75) is 6.54 Å². The van der Waals surface area contributed by atoms with E-state index < -0.39 is 29.2 Å². The summed E-state index contributed by atoms with van der Waals surface area (Å²) in [6.45, 7) is 3.59. The molecule has 0 bridgehead atoms. The molecule has 30 heavy (non-hydrogen) atoms. The fourth-order valence-electron chi connectivity index (χ4n) is 3.44. The van der Waals surface area contributed by atoms with Gasteiger partial charge in [-0.3, -0.25) is 14.5 Å². The van der Waals surface area contributed by atoms with Crippen LogP contribution >= 0.6 is 0 Å². The number of rotatable bonds is 5. The zero-order valence-corrected chi connectivity index (χ0v) is 15.9. The predicted octanol–water partition coefficient (Wildman–Crippen LogP) is 2.89. The van der Waals surface area contributed by atoms with Crippen LogP contribution in [0.2, 0.25) is 0 Å². The van der Waals surface area contributed by atoms with Crippen molar-refractivity contribution in [3.63, 3.8) is 0 Å². The van der Waals surface area contributed by atoms with Gasteiger partial charge in [-0.05, 0) is 23.8 Å². The fourth-order valence-corrected chi connectivity index (χ4v) is 3.44. The quantitative estimate of drug-likeness (QED) is 0.668. The van der Waals surface area contributed by atoms with E-state index in [9.17, 15) is 18.4 Å². The molecule has 156 valence electrons. The first kappa shape index (κ1) is 20.0. The number of benzene rings is 2. The van der Waals surface area contributed by atoms with Gasteiger partial charge in [0.1, 0.15) is 11.5 Å². The van der Waals surface area contributed by atoms with Gasteiger partial charge in [0.2, 0.25) is 5.76 Å². The minimum Gasteiger partial charge on any atom is -0.446 e. The number of nitrogens with zero attached hydrogens (tertiary/aromatic N) is 1. The van der Waals surface area contributed by atoms with Gasteiger partial charge in [0.05, 0.1) is 18.6 Å². The number of nitrogens with one attached hydrogen (secondary N) is 1. The highest BCUT2D eigenvalue weighted by molar-refractivity contribution is 6.14. The van der Waals surface area contributed by atoms with Crippen LogP contribution in [-0.2, 0) is 11.3 Å². The zero-order chi connectivity index (χ0) is 21.3. The Morgan fingerprint density at radius 1 is 1.13 bits per heavy atom. The maximum atomic E-state index is 14.0. The lowest BCUT2D eigenvalue weighted by Crippen LogP contribution is -2.35. The zero-order valence-electron chi connectivity index (χ0n) is 15.9. The van der Waals surface area contributed by atoms with Crippen LogP contribution in [0.1, 0.15) is 26.5 Å². The molecule has 1 aliphatic rings. The van der Waals surface area contributed by atoms with Gasteiger partial charge in [0.15, 0.2) is 11.4 Å². The van der Waals surface area contributed by atoms with Crippen molar-refractivity contribution in [1.82, 2.24) is 4.90 Å². The van der Waals surface area contributed by atoms with Crippen molar-refractivity contribution < 1.29 is 27.5 Å². The Balaban J connectivity index is 1.62. The standard InChI is InChI=1S/C21H19F2N3O4/c22-14-9-15-17(19(20(24)27)30-18(15)16(23)10-14)25-21(28)13-3-1-2-12(8-13)11-26-4-6-29-7-5-26/h1-3,8-10H,4-7,11H2,(H2,24,27)(H,25,28). The Kier molecular flexibility index (Phi) is 5.47. The number of ether oxygens (including phenoxy) is 1. The summed E-state index contributed by atoms with van der Waals surface area (Å²) in [5.41, 5.74) is 6.01. The number of furan rings is 1. The highest BCUT2D eigenvalue weighted by Gasteiger charge is 2.24. The van der Waals surface area contributed by atoms with E-state index in [2.05, 4.69) is 10.2 Å². The third-order valence-corrected chi connectivity index (χ3v) is 4.87. The molecule has 1 saturated heterocycles. The summed E-state index contributed by atoms with van der Waals surface area (Å²) in [5.74, 6) is -3.90. The van der Waals surface area contributed by atoms with Gasteiger partial charge in [0.25, 0.3) is 11.8 Å². The number of nitrogens with two attached hydrogens (primary N) is 1. The maximum Gasteiger partial charge on any atom is 0.286 e. The highest BCUT2D eigenvalue weighted by atomic mass is 19.1. The Bertz CT molecular complexity index is 1120. The highest BCUT2D eigenvalue weighted by Crippen LogP contribution is 2.33. The molecule has 1 fully saturated rings. The SMILES string of the molecule is NC(=O)c1oc2c(F)cc(F)cc2c1NC(=O)c1cccc(CN2CCOCC2)c1. The first-order valence-corrected chi connectivity index (χ1v) is 9.34. The Hall–Kier alpha value is -3.30. The molecular formula is C21H19F2N3O4. The van der Waals surface area contributed by atoms with Crippen LogP contribution in [0.4, 0.5) is 14.5 Å². The number of anilines is 1. The van der Waals surface area contributed by atoms with Crippen LogP contribution in [-0.4, -0.2) is 43.0 Å². The number of carbonyl (C=O) groups is 2. The largest absolute Gasteiger partial charge is 0.446 e. The molecule has 2 amide bonds. The van der Waals surface area contributed by atoms with Gasteiger partial charge in [-0.25, -0.2) is 8.78 Å². The van der Waals surface area contributed by atoms with Crippen molar-refractivity contribution in [3.05, 3.63) is 64.9 Å². The molecule has 1 aliphatic heterocycles. The lowest BCUT2D eigenvalue weighted by Gasteiger charge is -2.26. The summed E-state index contributed by atoms with van der Waals surface area (Å²) in [6, 6.07) is 8.56. The minimum absolute atomic E-state index is 0.0841. The maximum absolute atomic E-state index is 14.0. The monoisotopic (exact) mass is 415 g/mol. The van der Waals surface area contributed by atoms with E-state index in [1.54, 1.807) is 18.2 Å². The lowest BCUT2D eigenvalue weighted by atomic mass is 10.1. The third-order valence-electron chi connectivity index (χ3n) is 4.87. The van der Waals surface area contributed by atoms with Crippen LogP contribution in [0.3, 0.4) is 0 Å². The normalized spacial score (nSPS) is 14.7. The van der Waals surface area contributed by atoms with Crippen LogP contribution in [0.25, 0.3) is 11.0 Å². The summed E-state index contributed by atoms with van der Waals surface area (Å²) in [6.07, 6.45) is 0. The molecule has 4 rings (SSSR count). The van der Waals surface area contributed by atoms with E-state index in [4.69, 9.17) is 14.9 Å². The summed E-state index contributed by atoms with van der Waals surface area (Å²) in [4.78, 5) is 26.8. The number of morpholine rings is 1. The van der Waals surface area contributed by atoms with E-state index in [0.29, 0.717) is 31.4 Å². The van der Waals surface area contributed by atoms with Gasteiger partial charge in [0, 0.05) is 31.3 Å². The number of fused-ring (bicyclic) bond motifs is 1. The molecule has 1 aromatic heterocycles. The van der Waals surface area contributed by atoms with Crippen molar-refractivity contribution in [2.24, 2.45) is 5.73 Å². The number of hydrogen-bond donors (Lipinski definition) is 2. The molecule has 0 atom stereocenters. The molecular weight excluding hydrogens is 396 g/mol. The summed E-state index contributed by atoms with van der Waals surface area (Å²) in [5, 5.41) is 2.43. The first-order chi connectivity index (χ1) is 14.4. The van der Waals surface area contributed by atoms with Crippen LogP contribution in [0, 0.1) is 11.6 Å². The Morgan fingerprint density at radius 2 is 1.90 bits per heavy atom. The molecule has 0 saturated carbocycles. The number of hydrogen-bond acceptors (Lipinski definition) is 5. The second kappa shape index (κ2) is 8.21. The molecule has 7 nitrogen and oxygen atoms in total. The van der Waals surface area contributed by atoms with Crippen molar-refractivity contribution >= 4 is 28.5 Å². The fraction of sp³-hybridized carbons (Fsp3) is 0.238. The molecule has 0 unspecified atom stereocenters. The number of primary amides is 1. The van der Waals surface area contributed by atoms with Gasteiger partial charge >= 0.3 is 0 Å². The summed E-state index contributed by atoms with van der Waals surface area (Å²) >= 11 is 0. The topological polar surface area (TPSA) is 97.8 Å². The number of halogens is 2. The average Bonchev–Trinajstić information content (AvgIpc) is 3.08. The second-order valence-corrected chi connectivity index (χ2v) is 6.98. The Labute approximate surface area is 170 Å². The van der Waals surface area contributed by atoms with E-state index in [0.717, 1.165) is 24.7 Å². The molecule has 3 N–H and O–H groups in total. The molecule has 0 aliphatic carbocycles. The number of amides is 2. The lowest BCUT2D eigenvalue weighted by molar-refractivity contribution is 0.0342. The summed E-state index contributed by atoms with van der Waals surface area (Å²) in [7, 11) is 0. The van der Waals surface area contributed by atoms with Crippen LogP contribution < -0.4 is 11.1 Å². The van der Waals surface area contributed by atoms with Gasteiger partial charge < -0.3 is 20.2 Å². The van der Waals surface area contributed by atoms with Gasteiger partial charge in [-0.1, -0.05) is 12.1 Å². The Morgan fingerprint density at radius 3 is 2.63 bits per heavy atom. The predicted molar refractivity (Wildman–Crippen MR) is 105 cm³/mol. The molecule has 0 spiro atoms. The van der Waals surface area contributed by atoms with Gasteiger partial charge in [-0.2, -0.15) is 0 Å². The molecule has 2 aromatic carbocycles. The van der Waals surface area contributed by atoms with E-state index in [1.807, 2.05) is 6.07 Å². The molecule has 9 heteroatoms. The summed E-state index contributed by atoms with van der Waals surface area (Å²) < 4.78 is 38.2. The van der Waals surface area contributed by atoms with Crippen LogP contribution in [0.5, 0.6) is 0 Å². The molecule has 0 radical (unpaired) electrons. The number of carbonyl (C=O) groups excluding carboxylic acids is 2. The van der Waals surface area contributed by atoms with Crippen molar-refractivity contribution in [3.8, 4) is 0 Å². The van der Waals surface area contributed by atoms with Crippen LogP contribution in [0.15, 0.2) is 40.8 Å². The van der Waals surface area contributed by atoms with Gasteiger partial charge in [-0.15, -0.1) is 0 Å². The molecule has 3 aromatic rings.